The highest BCUT2D eigenvalue weighted by molar-refractivity contribution is 7.65. The van der Waals surface area contributed by atoms with E-state index in [1.54, 1.807) is 0 Å². The quantitative estimate of drug-likeness (QED) is 0.217. The predicted octanol–water partition coefficient (Wildman–Crippen LogP) is 6.88. The van der Waals surface area contributed by atoms with Crippen molar-refractivity contribution >= 4 is 55.7 Å². The second kappa shape index (κ2) is 9.09. The van der Waals surface area contributed by atoms with Crippen molar-refractivity contribution < 1.29 is 0 Å². The summed E-state index contributed by atoms with van der Waals surface area (Å²) in [6.45, 7) is 16.6. The van der Waals surface area contributed by atoms with Crippen molar-refractivity contribution in [2.24, 2.45) is 0 Å². The molecular formula is C14H34Cl3NSi3. The minimum absolute atomic E-state index is 0.197. The van der Waals surface area contributed by atoms with Crippen molar-refractivity contribution in [3.8, 4) is 0 Å². The maximum atomic E-state index is 6.52. The van der Waals surface area contributed by atoms with Crippen molar-refractivity contribution in [1.29, 1.82) is 0 Å². The summed E-state index contributed by atoms with van der Waals surface area (Å²) in [5.41, 5.74) is 0.197. The first-order valence-electron chi connectivity index (χ1n) is 8.18. The average Bonchev–Trinajstić information content (AvgIpc) is 2.21. The monoisotopic (exact) mass is 405 g/mol. The normalized spacial score (nSPS) is 15.6. The Morgan fingerprint density at radius 3 is 1.52 bits per heavy atom. The molecule has 128 valence electrons. The lowest BCUT2D eigenvalue weighted by atomic mass is 10.1. The van der Waals surface area contributed by atoms with Gasteiger partial charge in [0, 0.05) is 5.67 Å². The van der Waals surface area contributed by atoms with Gasteiger partial charge in [-0.1, -0.05) is 78.3 Å². The smallest absolute Gasteiger partial charge is 0.343 e. The molecule has 0 aromatic heterocycles. The topological polar surface area (TPSA) is 3.24 Å². The van der Waals surface area contributed by atoms with Crippen molar-refractivity contribution in [2.45, 2.75) is 90.4 Å². The third-order valence-electron chi connectivity index (χ3n) is 3.72. The van der Waals surface area contributed by atoms with Gasteiger partial charge in [0.2, 0.25) is 0 Å². The molecule has 0 heterocycles. The zero-order valence-corrected chi connectivity index (χ0v) is 20.2. The fourth-order valence-corrected chi connectivity index (χ4v) is 21.1. The summed E-state index contributed by atoms with van der Waals surface area (Å²) >= 11 is 19.6. The van der Waals surface area contributed by atoms with Crippen molar-refractivity contribution in [1.82, 2.24) is 4.23 Å². The number of unbranched alkanes of at least 4 members (excludes halogenated alkanes) is 4. The lowest BCUT2D eigenvalue weighted by Gasteiger charge is -2.50. The van der Waals surface area contributed by atoms with E-state index in [4.69, 9.17) is 33.2 Å². The number of nitrogens with zero attached hydrogens (tertiary/aromatic N) is 1. The highest BCUT2D eigenvalue weighted by atomic mass is 35.8. The van der Waals surface area contributed by atoms with Crippen LogP contribution in [0.2, 0.25) is 39.3 Å². The third kappa shape index (κ3) is 8.77. The molecule has 0 spiro atoms. The molecule has 1 nitrogen and oxygen atoms in total. The lowest BCUT2D eigenvalue weighted by molar-refractivity contribution is 0.488. The van der Waals surface area contributed by atoms with Crippen LogP contribution in [0.4, 0.5) is 0 Å². The molecule has 0 aliphatic heterocycles. The van der Waals surface area contributed by atoms with Crippen LogP contribution in [-0.4, -0.2) is 32.4 Å². The van der Waals surface area contributed by atoms with Crippen LogP contribution < -0.4 is 0 Å². The summed E-state index contributed by atoms with van der Waals surface area (Å²) in [6, 6.07) is -2.73. The Kier molecular flexibility index (Phi) is 9.73. The van der Waals surface area contributed by atoms with Crippen molar-refractivity contribution in [3.63, 3.8) is 0 Å². The Morgan fingerprint density at radius 2 is 1.19 bits per heavy atom. The second-order valence-corrected chi connectivity index (χ2v) is 26.9. The molecule has 0 aliphatic carbocycles. The van der Waals surface area contributed by atoms with Crippen LogP contribution in [0.1, 0.15) is 45.4 Å². The largest absolute Gasteiger partial charge is 0.356 e. The lowest BCUT2D eigenvalue weighted by Crippen LogP contribution is -2.67. The first-order chi connectivity index (χ1) is 9.31. The van der Waals surface area contributed by atoms with Crippen LogP contribution in [0.5, 0.6) is 0 Å². The number of halogens is 3. The van der Waals surface area contributed by atoms with Crippen LogP contribution in [0.25, 0.3) is 0 Å². The van der Waals surface area contributed by atoms with Crippen LogP contribution in [-0.2, 0) is 0 Å². The summed E-state index contributed by atoms with van der Waals surface area (Å²) in [5, 5.41) is 0. The fraction of sp³-hybridized carbons (Fsp3) is 1.00. The van der Waals surface area contributed by atoms with Crippen molar-refractivity contribution in [2.75, 3.05) is 0 Å². The van der Waals surface area contributed by atoms with E-state index in [-0.39, 0.29) is 5.67 Å². The Hall–Kier alpha value is 1.48. The van der Waals surface area contributed by atoms with Crippen LogP contribution in [0.15, 0.2) is 0 Å². The van der Waals surface area contributed by atoms with E-state index in [9.17, 15) is 0 Å². The molecule has 0 amide bonds. The van der Waals surface area contributed by atoms with E-state index in [1.165, 1.54) is 32.1 Å². The van der Waals surface area contributed by atoms with Gasteiger partial charge in [0.25, 0.3) is 0 Å². The minimum atomic E-state index is -2.73. The fourth-order valence-electron chi connectivity index (χ4n) is 3.32. The summed E-state index contributed by atoms with van der Waals surface area (Å²) in [4.78, 5) is 0. The van der Waals surface area contributed by atoms with Crippen LogP contribution in [0.3, 0.4) is 0 Å². The molecule has 0 bridgehead atoms. The SMILES string of the molecule is CCCCCCCC(N([Si](C)(C)C)[Si](C)(C)C)[Si](Cl)(Cl)Cl. The Balaban J connectivity index is 5.02. The minimum Gasteiger partial charge on any atom is -0.343 e. The van der Waals surface area contributed by atoms with E-state index in [0.717, 1.165) is 6.42 Å². The molecule has 1 unspecified atom stereocenters. The summed E-state index contributed by atoms with van der Waals surface area (Å²) in [7, 11) is -2.99. The van der Waals surface area contributed by atoms with E-state index >= 15 is 0 Å². The van der Waals surface area contributed by atoms with Gasteiger partial charge in [-0.05, 0) is 6.42 Å². The van der Waals surface area contributed by atoms with Gasteiger partial charge in [-0.2, -0.15) is 0 Å². The summed E-state index contributed by atoms with van der Waals surface area (Å²) in [5.74, 6) is 0. The average molecular weight is 407 g/mol. The Labute approximate surface area is 150 Å². The van der Waals surface area contributed by atoms with Gasteiger partial charge in [0.1, 0.15) is 16.5 Å². The van der Waals surface area contributed by atoms with E-state index in [2.05, 4.69) is 50.4 Å². The molecule has 0 fully saturated rings. The highest BCUT2D eigenvalue weighted by Crippen LogP contribution is 2.37. The van der Waals surface area contributed by atoms with E-state index in [0.29, 0.717) is 0 Å². The molecule has 21 heavy (non-hydrogen) atoms. The van der Waals surface area contributed by atoms with Gasteiger partial charge >= 0.3 is 6.00 Å². The molecule has 7 heteroatoms. The molecule has 0 saturated carbocycles. The standard InChI is InChI=1S/C14H34Cl3NSi3/c1-8-9-10-11-12-13-14(21(15,16)17)18(19(2,3)4)20(5,6)7/h14H,8-13H2,1-7H3. The van der Waals surface area contributed by atoms with E-state index < -0.39 is 22.5 Å². The molecule has 0 radical (unpaired) electrons. The van der Waals surface area contributed by atoms with Gasteiger partial charge in [0.15, 0.2) is 0 Å². The number of rotatable bonds is 10. The molecule has 0 N–H and O–H groups in total. The van der Waals surface area contributed by atoms with Gasteiger partial charge in [-0.15, -0.1) is 33.2 Å². The predicted molar refractivity (Wildman–Crippen MR) is 109 cm³/mol. The summed E-state index contributed by atoms with van der Waals surface area (Å²) < 4.78 is 2.71. The molecular weight excluding hydrogens is 373 g/mol. The van der Waals surface area contributed by atoms with E-state index in [1.807, 2.05) is 0 Å². The molecule has 0 rings (SSSR count). The molecule has 0 aliphatic rings. The van der Waals surface area contributed by atoms with Gasteiger partial charge in [-0.3, -0.25) is 0 Å². The van der Waals surface area contributed by atoms with Crippen LogP contribution >= 0.6 is 33.2 Å². The Morgan fingerprint density at radius 1 is 0.762 bits per heavy atom. The first kappa shape index (κ1) is 22.5. The zero-order chi connectivity index (χ0) is 16.9. The maximum absolute atomic E-state index is 6.52. The molecule has 0 aromatic rings. The van der Waals surface area contributed by atoms with Crippen molar-refractivity contribution in [3.05, 3.63) is 0 Å². The number of hydrogen-bond donors (Lipinski definition) is 0. The maximum Gasteiger partial charge on any atom is 0.356 e. The van der Waals surface area contributed by atoms with Gasteiger partial charge < -0.3 is 4.23 Å². The molecule has 0 aromatic carbocycles. The van der Waals surface area contributed by atoms with Crippen LogP contribution in [0, 0.1) is 0 Å². The van der Waals surface area contributed by atoms with Gasteiger partial charge in [0.05, 0.1) is 0 Å². The third-order valence-corrected chi connectivity index (χ3v) is 15.3. The Bertz CT molecular complexity index is 281. The van der Waals surface area contributed by atoms with Gasteiger partial charge in [-0.25, -0.2) is 0 Å². The highest BCUT2D eigenvalue weighted by Gasteiger charge is 2.48. The molecule has 0 saturated heterocycles. The first-order valence-corrected chi connectivity index (χ1v) is 20.2. The summed E-state index contributed by atoms with van der Waals surface area (Å²) in [6.07, 6.45) is 7.42. The number of hydrogen-bond acceptors (Lipinski definition) is 1. The molecule has 1 atom stereocenters. The second-order valence-electron chi connectivity index (χ2n) is 7.97. The zero-order valence-electron chi connectivity index (χ0n) is 14.9.